The maximum absolute atomic E-state index is 6.25. The van der Waals surface area contributed by atoms with Gasteiger partial charge in [-0.2, -0.15) is 0 Å². The first-order valence-electron chi connectivity index (χ1n) is 6.26. The Morgan fingerprint density at radius 2 is 2.11 bits per heavy atom. The number of nitrogens with zero attached hydrogens (tertiary/aromatic N) is 1. The van der Waals surface area contributed by atoms with Crippen LogP contribution < -0.4 is 11.1 Å². The Morgan fingerprint density at radius 3 is 2.94 bits per heavy atom. The van der Waals surface area contributed by atoms with Gasteiger partial charge >= 0.3 is 0 Å². The van der Waals surface area contributed by atoms with Crippen molar-refractivity contribution in [2.24, 2.45) is 5.73 Å². The maximum atomic E-state index is 6.25. The summed E-state index contributed by atoms with van der Waals surface area (Å²) in [7, 11) is 0. The molecule has 0 saturated heterocycles. The van der Waals surface area contributed by atoms with Crippen LogP contribution in [-0.4, -0.2) is 11.0 Å². The van der Waals surface area contributed by atoms with E-state index in [-0.39, 0.29) is 12.1 Å². The Balaban J connectivity index is 1.92. The zero-order valence-corrected chi connectivity index (χ0v) is 10.4. The lowest BCUT2D eigenvalue weighted by molar-refractivity contribution is 0.625. The quantitative estimate of drug-likeness (QED) is 0.846. The molecule has 0 saturated carbocycles. The van der Waals surface area contributed by atoms with Crippen LogP contribution in [0.2, 0.25) is 0 Å². The molecule has 0 aliphatic heterocycles. The van der Waals surface area contributed by atoms with E-state index in [9.17, 15) is 0 Å². The zero-order valence-electron chi connectivity index (χ0n) is 10.4. The number of fused-ring (bicyclic) bond motifs is 1. The van der Waals surface area contributed by atoms with Crippen molar-refractivity contribution in [3.63, 3.8) is 0 Å². The molecule has 92 valence electrons. The van der Waals surface area contributed by atoms with Gasteiger partial charge in [-0.25, -0.2) is 0 Å². The molecule has 3 heteroatoms. The molecule has 0 spiro atoms. The molecule has 1 heterocycles. The van der Waals surface area contributed by atoms with E-state index in [1.54, 1.807) is 0 Å². The number of aryl methyl sites for hydroxylation is 1. The van der Waals surface area contributed by atoms with Crippen LogP contribution in [-0.2, 0) is 6.42 Å². The van der Waals surface area contributed by atoms with Gasteiger partial charge in [0.15, 0.2) is 0 Å². The second-order valence-electron chi connectivity index (χ2n) is 4.88. The number of rotatable bonds is 2. The van der Waals surface area contributed by atoms with Gasteiger partial charge in [0.1, 0.15) is 0 Å². The average Bonchev–Trinajstić information content (AvgIpc) is 2.69. The van der Waals surface area contributed by atoms with Crippen LogP contribution in [0.15, 0.2) is 42.7 Å². The van der Waals surface area contributed by atoms with Crippen molar-refractivity contribution in [2.45, 2.75) is 25.4 Å². The molecule has 2 aromatic rings. The van der Waals surface area contributed by atoms with Gasteiger partial charge in [0.25, 0.3) is 0 Å². The van der Waals surface area contributed by atoms with E-state index in [2.05, 4.69) is 41.5 Å². The molecule has 1 aromatic carbocycles. The smallest absolute Gasteiger partial charge is 0.0670 e. The molecule has 0 radical (unpaired) electrons. The molecule has 0 bridgehead atoms. The van der Waals surface area contributed by atoms with Crippen molar-refractivity contribution in [3.8, 4) is 0 Å². The molecule has 1 aliphatic rings. The SMILES string of the molecule is Cc1cnccc1NC1c2ccccc2CC1N. The lowest BCUT2D eigenvalue weighted by Gasteiger charge is -2.21. The van der Waals surface area contributed by atoms with Gasteiger partial charge < -0.3 is 11.1 Å². The first-order valence-corrected chi connectivity index (χ1v) is 6.26. The molecule has 2 atom stereocenters. The molecule has 3 rings (SSSR count). The van der Waals surface area contributed by atoms with Gasteiger partial charge in [-0.15, -0.1) is 0 Å². The van der Waals surface area contributed by atoms with Crippen molar-refractivity contribution in [2.75, 3.05) is 5.32 Å². The number of nitrogens with one attached hydrogen (secondary N) is 1. The van der Waals surface area contributed by atoms with Crippen LogP contribution in [0.25, 0.3) is 0 Å². The Morgan fingerprint density at radius 1 is 1.28 bits per heavy atom. The second-order valence-corrected chi connectivity index (χ2v) is 4.88. The molecule has 0 amide bonds. The minimum absolute atomic E-state index is 0.134. The number of pyridine rings is 1. The Bertz CT molecular complexity index is 565. The van der Waals surface area contributed by atoms with Gasteiger partial charge in [-0.3, -0.25) is 4.98 Å². The third kappa shape index (κ3) is 1.87. The minimum atomic E-state index is 0.134. The normalized spacial score (nSPS) is 21.7. The van der Waals surface area contributed by atoms with Gasteiger partial charge in [-0.05, 0) is 36.1 Å². The van der Waals surface area contributed by atoms with Crippen molar-refractivity contribution in [1.82, 2.24) is 4.98 Å². The molecular weight excluding hydrogens is 222 g/mol. The number of hydrogen-bond donors (Lipinski definition) is 2. The summed E-state index contributed by atoms with van der Waals surface area (Å²) in [6.07, 6.45) is 4.62. The predicted octanol–water partition coefficient (Wildman–Crippen LogP) is 2.43. The second kappa shape index (κ2) is 4.42. The number of aromatic nitrogens is 1. The highest BCUT2D eigenvalue weighted by Crippen LogP contribution is 2.33. The third-order valence-electron chi connectivity index (χ3n) is 3.61. The highest BCUT2D eigenvalue weighted by molar-refractivity contribution is 5.53. The summed E-state index contributed by atoms with van der Waals surface area (Å²) in [5, 5.41) is 3.55. The fraction of sp³-hybridized carbons (Fsp3) is 0.267. The van der Waals surface area contributed by atoms with Crippen molar-refractivity contribution in [1.29, 1.82) is 0 Å². The summed E-state index contributed by atoms with van der Waals surface area (Å²) in [5.41, 5.74) is 11.2. The predicted molar refractivity (Wildman–Crippen MR) is 73.5 cm³/mol. The van der Waals surface area contributed by atoms with E-state index in [0.717, 1.165) is 17.7 Å². The van der Waals surface area contributed by atoms with Crippen molar-refractivity contribution >= 4 is 5.69 Å². The van der Waals surface area contributed by atoms with Gasteiger partial charge in [0.2, 0.25) is 0 Å². The van der Waals surface area contributed by atoms with Gasteiger partial charge in [-0.1, -0.05) is 24.3 Å². The van der Waals surface area contributed by atoms with Crippen molar-refractivity contribution < 1.29 is 0 Å². The number of hydrogen-bond acceptors (Lipinski definition) is 3. The van der Waals surface area contributed by atoms with Crippen LogP contribution >= 0.6 is 0 Å². The third-order valence-corrected chi connectivity index (χ3v) is 3.61. The summed E-state index contributed by atoms with van der Waals surface area (Å²) in [5.74, 6) is 0. The minimum Gasteiger partial charge on any atom is -0.376 e. The van der Waals surface area contributed by atoms with E-state index in [1.807, 2.05) is 18.5 Å². The molecule has 0 fully saturated rings. The van der Waals surface area contributed by atoms with Crippen LogP contribution in [0.4, 0.5) is 5.69 Å². The Hall–Kier alpha value is -1.87. The standard InChI is InChI=1S/C15H17N3/c1-10-9-17-7-6-14(10)18-15-12-5-3-2-4-11(12)8-13(15)16/h2-7,9,13,15H,8,16H2,1H3,(H,17,18). The Labute approximate surface area is 107 Å². The lowest BCUT2D eigenvalue weighted by atomic mass is 10.1. The molecule has 3 N–H and O–H groups in total. The summed E-state index contributed by atoms with van der Waals surface area (Å²) >= 11 is 0. The number of benzene rings is 1. The molecule has 3 nitrogen and oxygen atoms in total. The van der Waals surface area contributed by atoms with E-state index >= 15 is 0 Å². The first kappa shape index (κ1) is 11.2. The highest BCUT2D eigenvalue weighted by atomic mass is 15.0. The van der Waals surface area contributed by atoms with Crippen LogP contribution in [0.1, 0.15) is 22.7 Å². The topological polar surface area (TPSA) is 50.9 Å². The summed E-state index contributed by atoms with van der Waals surface area (Å²) < 4.78 is 0. The van der Waals surface area contributed by atoms with Gasteiger partial charge in [0, 0.05) is 24.1 Å². The first-order chi connectivity index (χ1) is 8.75. The van der Waals surface area contributed by atoms with Gasteiger partial charge in [0.05, 0.1) is 6.04 Å². The summed E-state index contributed by atoms with van der Waals surface area (Å²) in [6, 6.07) is 10.8. The molecule has 18 heavy (non-hydrogen) atoms. The summed E-state index contributed by atoms with van der Waals surface area (Å²) in [6.45, 7) is 2.06. The molecular formula is C15H17N3. The van der Waals surface area contributed by atoms with Crippen LogP contribution in [0.3, 0.4) is 0 Å². The number of nitrogens with two attached hydrogens (primary N) is 1. The zero-order chi connectivity index (χ0) is 12.5. The monoisotopic (exact) mass is 239 g/mol. The fourth-order valence-electron chi connectivity index (χ4n) is 2.61. The van der Waals surface area contributed by atoms with E-state index in [1.165, 1.54) is 11.1 Å². The van der Waals surface area contributed by atoms with Crippen LogP contribution in [0.5, 0.6) is 0 Å². The molecule has 1 aliphatic carbocycles. The molecule has 1 aromatic heterocycles. The number of anilines is 1. The van der Waals surface area contributed by atoms with Crippen LogP contribution in [0, 0.1) is 6.92 Å². The Kier molecular flexibility index (Phi) is 2.76. The highest BCUT2D eigenvalue weighted by Gasteiger charge is 2.29. The van der Waals surface area contributed by atoms with E-state index < -0.39 is 0 Å². The lowest BCUT2D eigenvalue weighted by Crippen LogP contribution is -2.30. The summed E-state index contributed by atoms with van der Waals surface area (Å²) in [4.78, 5) is 4.11. The molecule has 2 unspecified atom stereocenters. The van der Waals surface area contributed by atoms with E-state index in [4.69, 9.17) is 5.73 Å². The largest absolute Gasteiger partial charge is 0.376 e. The van der Waals surface area contributed by atoms with Crippen molar-refractivity contribution in [3.05, 3.63) is 59.4 Å². The average molecular weight is 239 g/mol. The maximum Gasteiger partial charge on any atom is 0.0670 e. The fourth-order valence-corrected chi connectivity index (χ4v) is 2.61. The van der Waals surface area contributed by atoms with E-state index in [0.29, 0.717) is 0 Å².